The first-order chi connectivity index (χ1) is 10.6. The summed E-state index contributed by atoms with van der Waals surface area (Å²) in [7, 11) is 4.06. The van der Waals surface area contributed by atoms with Gasteiger partial charge in [-0.15, -0.1) is 0 Å². The lowest BCUT2D eigenvalue weighted by atomic mass is 9.93. The molecule has 0 N–H and O–H groups in total. The fourth-order valence-corrected chi connectivity index (χ4v) is 4.11. The van der Waals surface area contributed by atoms with Crippen LogP contribution in [0.5, 0.6) is 5.75 Å². The molecular formula is C19H30N2O. The van der Waals surface area contributed by atoms with E-state index >= 15 is 0 Å². The van der Waals surface area contributed by atoms with Gasteiger partial charge in [-0.05, 0) is 43.4 Å². The molecule has 0 radical (unpaired) electrons. The van der Waals surface area contributed by atoms with Gasteiger partial charge in [0.2, 0.25) is 0 Å². The summed E-state index contributed by atoms with van der Waals surface area (Å²) < 4.78 is 5.62. The third kappa shape index (κ3) is 3.31. The molecule has 0 spiro atoms. The summed E-state index contributed by atoms with van der Waals surface area (Å²) in [6.07, 6.45) is 2.75. The van der Waals surface area contributed by atoms with Gasteiger partial charge in [0, 0.05) is 37.8 Å². The zero-order chi connectivity index (χ0) is 15.7. The van der Waals surface area contributed by atoms with Gasteiger partial charge in [0.05, 0.1) is 7.11 Å². The van der Waals surface area contributed by atoms with Crippen molar-refractivity contribution in [3.05, 3.63) is 29.3 Å². The Balaban J connectivity index is 1.81. The van der Waals surface area contributed by atoms with Crippen molar-refractivity contribution in [2.75, 3.05) is 33.8 Å². The highest BCUT2D eigenvalue weighted by molar-refractivity contribution is 5.38. The molecule has 3 heteroatoms. The molecule has 1 aromatic rings. The molecule has 3 aliphatic rings. The Bertz CT molecular complexity index is 514. The highest BCUT2D eigenvalue weighted by Crippen LogP contribution is 2.31. The monoisotopic (exact) mass is 302 g/mol. The van der Waals surface area contributed by atoms with Gasteiger partial charge >= 0.3 is 0 Å². The second-order valence-corrected chi connectivity index (χ2v) is 7.47. The van der Waals surface area contributed by atoms with E-state index in [1.54, 1.807) is 7.11 Å². The zero-order valence-electron chi connectivity index (χ0n) is 14.5. The zero-order valence-corrected chi connectivity index (χ0v) is 14.5. The number of hydrogen-bond donors (Lipinski definition) is 0. The van der Waals surface area contributed by atoms with Crippen LogP contribution in [0.25, 0.3) is 0 Å². The Morgan fingerprint density at radius 1 is 1.18 bits per heavy atom. The fourth-order valence-electron chi connectivity index (χ4n) is 4.11. The largest absolute Gasteiger partial charge is 0.496 e. The van der Waals surface area contributed by atoms with Gasteiger partial charge in [0.15, 0.2) is 0 Å². The van der Waals surface area contributed by atoms with E-state index in [4.69, 9.17) is 4.74 Å². The van der Waals surface area contributed by atoms with Crippen LogP contribution in [0.2, 0.25) is 0 Å². The topological polar surface area (TPSA) is 15.7 Å². The second kappa shape index (κ2) is 6.59. The van der Waals surface area contributed by atoms with Gasteiger partial charge in [-0.1, -0.05) is 26.0 Å². The molecule has 1 aromatic carbocycles. The van der Waals surface area contributed by atoms with E-state index < -0.39 is 0 Å². The third-order valence-electron chi connectivity index (χ3n) is 5.35. The first kappa shape index (κ1) is 15.8. The van der Waals surface area contributed by atoms with Crippen molar-refractivity contribution in [1.29, 1.82) is 0 Å². The van der Waals surface area contributed by atoms with Gasteiger partial charge in [-0.25, -0.2) is 0 Å². The molecule has 122 valence electrons. The average Bonchev–Trinajstić information content (AvgIpc) is 2.76. The number of piperidine rings is 1. The molecule has 3 nitrogen and oxygen atoms in total. The summed E-state index contributed by atoms with van der Waals surface area (Å²) in [5.74, 6) is 2.44. The van der Waals surface area contributed by atoms with Crippen LogP contribution in [0.4, 0.5) is 0 Å². The predicted octanol–water partition coefficient (Wildman–Crippen LogP) is 3.34. The number of methoxy groups -OCH3 is 1. The number of ether oxygens (including phenoxy) is 1. The molecule has 3 fully saturated rings. The second-order valence-electron chi connectivity index (χ2n) is 7.47. The Morgan fingerprint density at radius 2 is 2.00 bits per heavy atom. The lowest BCUT2D eigenvalue weighted by Crippen LogP contribution is -2.43. The van der Waals surface area contributed by atoms with Gasteiger partial charge < -0.3 is 9.64 Å². The molecule has 0 aromatic heterocycles. The highest BCUT2D eigenvalue weighted by atomic mass is 16.5. The molecular weight excluding hydrogens is 272 g/mol. The van der Waals surface area contributed by atoms with E-state index in [1.165, 1.54) is 43.6 Å². The molecule has 0 aliphatic carbocycles. The summed E-state index contributed by atoms with van der Waals surface area (Å²) in [5, 5.41) is 0. The Morgan fingerprint density at radius 3 is 2.73 bits per heavy atom. The van der Waals surface area contributed by atoms with Gasteiger partial charge in [0.25, 0.3) is 0 Å². The van der Waals surface area contributed by atoms with Gasteiger partial charge in [-0.2, -0.15) is 0 Å². The maximum absolute atomic E-state index is 5.62. The minimum Gasteiger partial charge on any atom is -0.496 e. The van der Waals surface area contributed by atoms with Crippen LogP contribution < -0.4 is 4.74 Å². The Labute approximate surface area is 135 Å². The minimum atomic E-state index is 0.566. The van der Waals surface area contributed by atoms with Crippen molar-refractivity contribution in [2.45, 2.75) is 45.2 Å². The van der Waals surface area contributed by atoms with Crippen molar-refractivity contribution < 1.29 is 4.74 Å². The van der Waals surface area contributed by atoms with Crippen LogP contribution in [-0.2, 0) is 6.54 Å². The van der Waals surface area contributed by atoms with E-state index in [0.717, 1.165) is 18.2 Å². The summed E-state index contributed by atoms with van der Waals surface area (Å²) in [5.41, 5.74) is 2.76. The minimum absolute atomic E-state index is 0.566. The molecule has 4 rings (SSSR count). The predicted molar refractivity (Wildman–Crippen MR) is 91.5 cm³/mol. The average molecular weight is 302 g/mol. The SMILES string of the molecule is COc1ccc(C(C)C)cc1CN1C[C@H]2CC[C@@H]1CN(C)C2. The maximum atomic E-state index is 5.62. The van der Waals surface area contributed by atoms with Crippen molar-refractivity contribution in [3.8, 4) is 5.75 Å². The van der Waals surface area contributed by atoms with Crippen LogP contribution in [0, 0.1) is 5.92 Å². The van der Waals surface area contributed by atoms with Crippen LogP contribution in [0.3, 0.4) is 0 Å². The summed E-state index contributed by atoms with van der Waals surface area (Å²) in [6, 6.07) is 7.41. The molecule has 3 saturated heterocycles. The lowest BCUT2D eigenvalue weighted by molar-refractivity contribution is 0.123. The first-order valence-corrected chi connectivity index (χ1v) is 8.66. The Kier molecular flexibility index (Phi) is 4.74. The molecule has 0 amide bonds. The highest BCUT2D eigenvalue weighted by Gasteiger charge is 2.33. The van der Waals surface area contributed by atoms with E-state index in [1.807, 2.05) is 0 Å². The normalized spacial score (nSPS) is 26.4. The van der Waals surface area contributed by atoms with Crippen LogP contribution in [0.15, 0.2) is 18.2 Å². The van der Waals surface area contributed by atoms with Gasteiger partial charge in [0.1, 0.15) is 5.75 Å². The maximum Gasteiger partial charge on any atom is 0.123 e. The third-order valence-corrected chi connectivity index (χ3v) is 5.35. The van der Waals surface area contributed by atoms with E-state index in [9.17, 15) is 0 Å². The summed E-state index contributed by atoms with van der Waals surface area (Å²) in [4.78, 5) is 5.21. The van der Waals surface area contributed by atoms with Crippen molar-refractivity contribution in [3.63, 3.8) is 0 Å². The quantitative estimate of drug-likeness (QED) is 0.848. The summed E-state index contributed by atoms with van der Waals surface area (Å²) in [6.45, 7) is 9.25. The van der Waals surface area contributed by atoms with E-state index in [-0.39, 0.29) is 0 Å². The number of fused-ring (bicyclic) bond motifs is 4. The molecule has 0 unspecified atom stereocenters. The van der Waals surface area contributed by atoms with Crippen molar-refractivity contribution in [2.24, 2.45) is 5.92 Å². The number of benzene rings is 1. The van der Waals surface area contributed by atoms with Crippen molar-refractivity contribution in [1.82, 2.24) is 9.80 Å². The van der Waals surface area contributed by atoms with Crippen LogP contribution in [-0.4, -0.2) is 49.6 Å². The fraction of sp³-hybridized carbons (Fsp3) is 0.684. The molecule has 2 bridgehead atoms. The van der Waals surface area contributed by atoms with Crippen LogP contribution in [0.1, 0.15) is 43.7 Å². The number of likely N-dealkylation sites (N-methyl/N-ethyl adjacent to an activating group) is 1. The standard InChI is InChI=1S/C19H30N2O/c1-14(2)16-6-8-19(22-4)17(9-16)12-21-11-15-5-7-18(21)13-20(3)10-15/h6,8-9,14-15,18H,5,7,10-13H2,1-4H3/t15-,18+/m0/s1. The number of rotatable bonds is 4. The molecule has 3 heterocycles. The van der Waals surface area contributed by atoms with E-state index in [2.05, 4.69) is 48.9 Å². The molecule has 2 atom stereocenters. The number of hydrogen-bond acceptors (Lipinski definition) is 3. The van der Waals surface area contributed by atoms with Crippen molar-refractivity contribution >= 4 is 0 Å². The lowest BCUT2D eigenvalue weighted by Gasteiger charge is -2.36. The van der Waals surface area contributed by atoms with E-state index in [0.29, 0.717) is 12.0 Å². The molecule has 22 heavy (non-hydrogen) atoms. The summed E-state index contributed by atoms with van der Waals surface area (Å²) >= 11 is 0. The molecule has 0 saturated carbocycles. The number of nitrogens with zero attached hydrogens (tertiary/aromatic N) is 2. The smallest absolute Gasteiger partial charge is 0.123 e. The van der Waals surface area contributed by atoms with Gasteiger partial charge in [-0.3, -0.25) is 4.90 Å². The Hall–Kier alpha value is -1.06. The first-order valence-electron chi connectivity index (χ1n) is 8.66. The molecule has 3 aliphatic heterocycles. The van der Waals surface area contributed by atoms with Crippen LogP contribution >= 0.6 is 0 Å².